The van der Waals surface area contributed by atoms with Crippen LogP contribution in [0.4, 0.5) is 11.4 Å². The number of carbonyl (C=O) groups excluding carboxylic acids is 1. The molecule has 0 aliphatic carbocycles. The molecule has 1 amide bonds. The SMILES string of the molecule is O=C(Nc1ccc(S(=O)(=O)[O-])c2cccc(S(=O)(=O)[O-])c12)c1ccc([N+](=O)[O-])cc1.[Na+].[Na+]. The van der Waals surface area contributed by atoms with E-state index in [0.29, 0.717) is 0 Å². The first-order valence-corrected chi connectivity index (χ1v) is 10.7. The predicted octanol–water partition coefficient (Wildman–Crippen LogP) is -4.18. The molecule has 0 heterocycles. The molecule has 0 atom stereocenters. The van der Waals surface area contributed by atoms with E-state index in [0.717, 1.165) is 54.6 Å². The van der Waals surface area contributed by atoms with E-state index in [1.165, 1.54) is 0 Å². The molecule has 0 saturated heterocycles. The second kappa shape index (κ2) is 10.7. The van der Waals surface area contributed by atoms with Crippen molar-refractivity contribution in [3.63, 3.8) is 0 Å². The van der Waals surface area contributed by atoms with Crippen LogP contribution in [0.2, 0.25) is 0 Å². The minimum absolute atomic E-state index is 0. The van der Waals surface area contributed by atoms with Gasteiger partial charge in [-0.1, -0.05) is 12.1 Å². The van der Waals surface area contributed by atoms with E-state index in [9.17, 15) is 40.8 Å². The van der Waals surface area contributed by atoms with Gasteiger partial charge in [-0.15, -0.1) is 0 Å². The first kappa shape index (κ1) is 28.6. The van der Waals surface area contributed by atoms with Crippen LogP contribution < -0.4 is 64.4 Å². The normalized spacial score (nSPS) is 11.2. The molecule has 0 radical (unpaired) electrons. The molecule has 3 rings (SSSR count). The summed E-state index contributed by atoms with van der Waals surface area (Å²) in [6.45, 7) is 0. The molecular formula is C17H10N2Na2O9S2. The summed E-state index contributed by atoms with van der Waals surface area (Å²) in [7, 11) is -10.1. The summed E-state index contributed by atoms with van der Waals surface area (Å²) >= 11 is 0. The van der Waals surface area contributed by atoms with Crippen LogP contribution >= 0.6 is 0 Å². The Morgan fingerprint density at radius 2 is 1.38 bits per heavy atom. The molecule has 0 saturated carbocycles. The fourth-order valence-corrected chi connectivity index (χ4v) is 4.20. The van der Waals surface area contributed by atoms with Gasteiger partial charge < -0.3 is 14.4 Å². The van der Waals surface area contributed by atoms with Gasteiger partial charge in [0, 0.05) is 28.5 Å². The maximum Gasteiger partial charge on any atom is 1.00 e. The summed E-state index contributed by atoms with van der Waals surface area (Å²) in [4.78, 5) is 20.9. The summed E-state index contributed by atoms with van der Waals surface area (Å²) in [5.74, 6) is -0.818. The third kappa shape index (κ3) is 6.14. The average Bonchev–Trinajstić information content (AvgIpc) is 2.66. The van der Waals surface area contributed by atoms with Crippen molar-refractivity contribution in [3.05, 3.63) is 70.3 Å². The van der Waals surface area contributed by atoms with Crippen molar-refractivity contribution < 1.29 is 94.8 Å². The van der Waals surface area contributed by atoms with E-state index >= 15 is 0 Å². The zero-order chi connectivity index (χ0) is 22.3. The molecule has 0 unspecified atom stereocenters. The average molecular weight is 496 g/mol. The molecule has 0 aliphatic heterocycles. The summed E-state index contributed by atoms with van der Waals surface area (Å²) in [6, 6.07) is 9.42. The molecule has 3 aromatic rings. The topological polar surface area (TPSA) is 187 Å². The predicted molar refractivity (Wildman–Crippen MR) is 101 cm³/mol. The second-order valence-corrected chi connectivity index (χ2v) is 8.65. The Balaban J connectivity index is 0.00000256. The first-order valence-electron chi connectivity index (χ1n) is 7.93. The van der Waals surface area contributed by atoms with Crippen molar-refractivity contribution >= 4 is 48.3 Å². The van der Waals surface area contributed by atoms with Gasteiger partial charge in [-0.25, -0.2) is 16.8 Å². The summed E-state index contributed by atoms with van der Waals surface area (Å²) in [5.41, 5.74) is -0.533. The molecule has 3 aromatic carbocycles. The van der Waals surface area contributed by atoms with Crippen molar-refractivity contribution in [1.82, 2.24) is 0 Å². The number of hydrogen-bond acceptors (Lipinski definition) is 9. The number of fused-ring (bicyclic) bond motifs is 1. The maximum atomic E-state index is 12.5. The Labute approximate surface area is 226 Å². The molecule has 11 nitrogen and oxygen atoms in total. The Bertz CT molecular complexity index is 1410. The van der Waals surface area contributed by atoms with Gasteiger partial charge in [0.15, 0.2) is 0 Å². The Kier molecular flexibility index (Phi) is 9.57. The minimum Gasteiger partial charge on any atom is -0.744 e. The van der Waals surface area contributed by atoms with Gasteiger partial charge in [-0.2, -0.15) is 0 Å². The van der Waals surface area contributed by atoms with Gasteiger partial charge in [0.1, 0.15) is 20.2 Å². The van der Waals surface area contributed by atoms with Crippen molar-refractivity contribution in [2.45, 2.75) is 9.79 Å². The van der Waals surface area contributed by atoms with Gasteiger partial charge in [-0.05, 0) is 30.3 Å². The minimum atomic E-state index is -5.10. The summed E-state index contributed by atoms with van der Waals surface area (Å²) in [6.07, 6.45) is 0. The molecule has 0 bridgehead atoms. The smallest absolute Gasteiger partial charge is 0.744 e. The van der Waals surface area contributed by atoms with Gasteiger partial charge in [-0.3, -0.25) is 14.9 Å². The number of amides is 1. The number of carbonyl (C=O) groups is 1. The van der Waals surface area contributed by atoms with Crippen LogP contribution in [0.25, 0.3) is 10.8 Å². The molecule has 1 N–H and O–H groups in total. The number of nitro benzene ring substituents is 1. The Hall–Kier alpha value is -1.39. The van der Waals surface area contributed by atoms with Crippen molar-refractivity contribution in [2.75, 3.05) is 5.32 Å². The van der Waals surface area contributed by atoms with Crippen LogP contribution in [0.5, 0.6) is 0 Å². The van der Waals surface area contributed by atoms with Crippen LogP contribution in [0.1, 0.15) is 10.4 Å². The number of nitro groups is 1. The number of anilines is 1. The quantitative estimate of drug-likeness (QED) is 0.158. The molecule has 32 heavy (non-hydrogen) atoms. The molecule has 0 aliphatic rings. The van der Waals surface area contributed by atoms with Crippen LogP contribution in [0.15, 0.2) is 64.4 Å². The number of non-ortho nitro benzene ring substituents is 1. The van der Waals surface area contributed by atoms with Crippen molar-refractivity contribution in [3.8, 4) is 0 Å². The largest absolute Gasteiger partial charge is 1.00 e. The van der Waals surface area contributed by atoms with Gasteiger partial charge in [0.25, 0.3) is 11.6 Å². The van der Waals surface area contributed by atoms with E-state index in [2.05, 4.69) is 5.32 Å². The van der Waals surface area contributed by atoms with E-state index < -0.39 is 46.2 Å². The summed E-state index contributed by atoms with van der Waals surface area (Å²) < 4.78 is 69.5. The number of nitrogens with zero attached hydrogens (tertiary/aromatic N) is 1. The standard InChI is InChI=1S/C17H12N2O9S2.2Na/c20-17(10-4-6-11(7-5-10)19(21)22)18-13-8-9-14(29(23,24)25)12-2-1-3-15(16(12)13)30(26,27)28;;/h1-9H,(H,18,20)(H,23,24,25)(H,26,27,28);;/q;2*+1/p-2. The van der Waals surface area contributed by atoms with Crippen LogP contribution in [-0.4, -0.2) is 36.8 Å². The van der Waals surface area contributed by atoms with Crippen LogP contribution in [0, 0.1) is 10.1 Å². The van der Waals surface area contributed by atoms with Crippen molar-refractivity contribution in [1.29, 1.82) is 0 Å². The zero-order valence-corrected chi connectivity index (χ0v) is 22.3. The second-order valence-electron chi connectivity index (χ2n) is 5.96. The van der Waals surface area contributed by atoms with E-state index in [1.807, 2.05) is 0 Å². The number of benzene rings is 3. The van der Waals surface area contributed by atoms with E-state index in [-0.39, 0.29) is 81.4 Å². The van der Waals surface area contributed by atoms with Crippen LogP contribution in [-0.2, 0) is 20.2 Å². The van der Waals surface area contributed by atoms with E-state index in [1.54, 1.807) is 0 Å². The zero-order valence-electron chi connectivity index (χ0n) is 16.6. The van der Waals surface area contributed by atoms with Crippen LogP contribution in [0.3, 0.4) is 0 Å². The van der Waals surface area contributed by atoms with Crippen molar-refractivity contribution in [2.24, 2.45) is 0 Å². The number of hydrogen-bond donors (Lipinski definition) is 1. The molecule has 15 heteroatoms. The Morgan fingerprint density at radius 3 is 1.88 bits per heavy atom. The third-order valence-corrected chi connectivity index (χ3v) is 5.86. The molecule has 0 fully saturated rings. The summed E-state index contributed by atoms with van der Waals surface area (Å²) in [5, 5.41) is 12.2. The number of nitrogens with one attached hydrogen (secondary N) is 1. The van der Waals surface area contributed by atoms with Gasteiger partial charge in [0.05, 0.1) is 20.4 Å². The molecule has 0 aromatic heterocycles. The number of rotatable bonds is 5. The van der Waals surface area contributed by atoms with Gasteiger partial charge in [0.2, 0.25) is 0 Å². The third-order valence-electron chi connectivity index (χ3n) is 4.09. The first-order chi connectivity index (χ1) is 13.9. The fourth-order valence-electron chi connectivity index (χ4n) is 2.81. The molecule has 156 valence electrons. The fraction of sp³-hybridized carbons (Fsp3) is 0. The maximum absolute atomic E-state index is 12.5. The van der Waals surface area contributed by atoms with E-state index in [4.69, 9.17) is 0 Å². The monoisotopic (exact) mass is 496 g/mol. The Morgan fingerprint density at radius 1 is 0.812 bits per heavy atom. The molecular weight excluding hydrogens is 486 g/mol. The van der Waals surface area contributed by atoms with Gasteiger partial charge >= 0.3 is 59.1 Å². The molecule has 0 spiro atoms.